The van der Waals surface area contributed by atoms with Gasteiger partial charge in [-0.15, -0.1) is 0 Å². The van der Waals surface area contributed by atoms with Crippen molar-refractivity contribution in [3.8, 4) is 17.3 Å². The molecule has 0 radical (unpaired) electrons. The third-order valence-electron chi connectivity index (χ3n) is 6.17. The number of amides is 1. The number of pyridine rings is 2. The lowest BCUT2D eigenvalue weighted by molar-refractivity contribution is -0.142. The molecule has 0 fully saturated rings. The third kappa shape index (κ3) is 7.37. The first-order valence-corrected chi connectivity index (χ1v) is 12.9. The topological polar surface area (TPSA) is 120 Å². The van der Waals surface area contributed by atoms with Gasteiger partial charge in [0.25, 0.3) is 0 Å². The van der Waals surface area contributed by atoms with Gasteiger partial charge in [-0.25, -0.2) is 24.9 Å². The number of imidazole rings is 1. The maximum atomic E-state index is 13.4. The van der Waals surface area contributed by atoms with E-state index in [1.807, 2.05) is 12.1 Å². The van der Waals surface area contributed by atoms with Gasteiger partial charge >= 0.3 is 12.4 Å². The van der Waals surface area contributed by atoms with Crippen LogP contribution in [0.3, 0.4) is 0 Å². The van der Waals surface area contributed by atoms with Crippen LogP contribution in [0.4, 0.5) is 43.7 Å². The Morgan fingerprint density at radius 2 is 1.73 bits per heavy atom. The van der Waals surface area contributed by atoms with Crippen molar-refractivity contribution in [2.75, 3.05) is 17.7 Å². The fourth-order valence-corrected chi connectivity index (χ4v) is 4.08. The highest BCUT2D eigenvalue weighted by atomic mass is 19.4. The van der Waals surface area contributed by atoms with Crippen molar-refractivity contribution in [2.45, 2.75) is 31.7 Å². The molecule has 0 aliphatic heterocycles. The van der Waals surface area contributed by atoms with Crippen molar-refractivity contribution in [3.63, 3.8) is 0 Å². The van der Waals surface area contributed by atoms with E-state index in [9.17, 15) is 31.1 Å². The van der Waals surface area contributed by atoms with E-state index in [-0.39, 0.29) is 34.3 Å². The molecule has 0 bridgehead atoms. The van der Waals surface area contributed by atoms with Gasteiger partial charge in [-0.2, -0.15) is 26.3 Å². The number of carbonyl (C=O) groups is 1. The molecule has 1 amide bonds. The van der Waals surface area contributed by atoms with Crippen LogP contribution in [0.5, 0.6) is 5.75 Å². The number of benzene rings is 1. The smallest absolute Gasteiger partial charge is 0.433 e. The highest BCUT2D eigenvalue weighted by molar-refractivity contribution is 5.91. The van der Waals surface area contributed by atoms with Crippen molar-refractivity contribution >= 4 is 34.4 Å². The summed E-state index contributed by atoms with van der Waals surface area (Å²) in [5, 5.41) is 5.31. The molecule has 0 unspecified atom stereocenters. The fraction of sp³-hybridized carbons (Fsp3) is 0.214. The van der Waals surface area contributed by atoms with Crippen LogP contribution in [-0.4, -0.2) is 48.7 Å². The lowest BCUT2D eigenvalue weighted by atomic mass is 10.2. The van der Waals surface area contributed by atoms with E-state index in [1.165, 1.54) is 36.8 Å². The van der Waals surface area contributed by atoms with Crippen LogP contribution in [0.2, 0.25) is 0 Å². The fourth-order valence-electron chi connectivity index (χ4n) is 4.08. The van der Waals surface area contributed by atoms with Gasteiger partial charge in [-0.1, -0.05) is 18.2 Å². The Morgan fingerprint density at radius 3 is 2.43 bits per heavy atom. The number of nitrogens with zero attached hydrogens (tertiary/aromatic N) is 6. The SMILES string of the molecule is COc1ccc(Cn2cnc3c(Nc4ccnc(NC(=O)CCC(F)(F)F)c4)nc(-c4cccc(C(F)(F)F)n4)nc32)cc1. The number of nitrogens with one attached hydrogen (secondary N) is 2. The first-order valence-electron chi connectivity index (χ1n) is 12.9. The first kappa shape index (κ1) is 30.2. The molecule has 10 nitrogen and oxygen atoms in total. The molecule has 16 heteroatoms. The van der Waals surface area contributed by atoms with Gasteiger partial charge in [0.2, 0.25) is 5.91 Å². The molecule has 0 aliphatic carbocycles. The molecule has 1 aromatic carbocycles. The summed E-state index contributed by atoms with van der Waals surface area (Å²) in [5.41, 5.74) is 0.439. The molecule has 0 atom stereocenters. The summed E-state index contributed by atoms with van der Waals surface area (Å²) in [5.74, 6) is -0.288. The Labute approximate surface area is 245 Å². The number of halogens is 6. The van der Waals surface area contributed by atoms with E-state index in [0.29, 0.717) is 18.0 Å². The summed E-state index contributed by atoms with van der Waals surface area (Å²) in [7, 11) is 1.54. The zero-order valence-corrected chi connectivity index (χ0v) is 22.7. The third-order valence-corrected chi connectivity index (χ3v) is 6.17. The Kier molecular flexibility index (Phi) is 8.33. The zero-order chi connectivity index (χ0) is 31.5. The average molecular weight is 617 g/mol. The largest absolute Gasteiger partial charge is 0.497 e. The van der Waals surface area contributed by atoms with Crippen molar-refractivity contribution in [1.82, 2.24) is 29.5 Å². The highest BCUT2D eigenvalue weighted by Gasteiger charge is 2.33. The minimum Gasteiger partial charge on any atom is -0.497 e. The number of fused-ring (bicyclic) bond motifs is 1. The van der Waals surface area contributed by atoms with E-state index in [0.717, 1.165) is 11.6 Å². The Hall–Kier alpha value is -5.28. The Balaban J connectivity index is 1.51. The number of hydrogen-bond donors (Lipinski definition) is 2. The molecule has 0 spiro atoms. The number of anilines is 3. The van der Waals surface area contributed by atoms with Gasteiger partial charge in [0, 0.05) is 24.4 Å². The van der Waals surface area contributed by atoms with Crippen molar-refractivity contribution in [3.05, 3.63) is 78.4 Å². The minimum atomic E-state index is -4.70. The second-order valence-corrected chi connectivity index (χ2v) is 9.41. The normalized spacial score (nSPS) is 11.9. The number of rotatable bonds is 9. The van der Waals surface area contributed by atoms with Crippen molar-refractivity contribution in [2.24, 2.45) is 0 Å². The molecule has 4 aromatic heterocycles. The van der Waals surface area contributed by atoms with E-state index >= 15 is 0 Å². The van der Waals surface area contributed by atoms with Crippen LogP contribution in [0.25, 0.3) is 22.7 Å². The molecular weight excluding hydrogens is 594 g/mol. The number of carbonyl (C=O) groups excluding carboxylic acids is 1. The molecule has 4 heterocycles. The molecule has 44 heavy (non-hydrogen) atoms. The molecule has 228 valence electrons. The van der Waals surface area contributed by atoms with Crippen LogP contribution in [0.15, 0.2) is 67.1 Å². The van der Waals surface area contributed by atoms with Gasteiger partial charge in [0.1, 0.15) is 23.0 Å². The molecule has 2 N–H and O–H groups in total. The number of hydrogen-bond acceptors (Lipinski definition) is 8. The summed E-state index contributed by atoms with van der Waals surface area (Å²) in [6.45, 7) is 0.301. The number of ether oxygens (including phenoxy) is 1. The van der Waals surface area contributed by atoms with E-state index in [1.54, 1.807) is 23.8 Å². The molecule has 5 rings (SSSR count). The summed E-state index contributed by atoms with van der Waals surface area (Å²) in [6, 6.07) is 13.4. The van der Waals surface area contributed by atoms with Gasteiger partial charge < -0.3 is 19.9 Å². The highest BCUT2D eigenvalue weighted by Crippen LogP contribution is 2.31. The number of methoxy groups -OCH3 is 1. The molecule has 0 aliphatic rings. The average Bonchev–Trinajstić information content (AvgIpc) is 3.39. The summed E-state index contributed by atoms with van der Waals surface area (Å²) < 4.78 is 84.6. The summed E-state index contributed by atoms with van der Waals surface area (Å²) in [4.78, 5) is 33.0. The van der Waals surface area contributed by atoms with Crippen molar-refractivity contribution in [1.29, 1.82) is 0 Å². The second-order valence-electron chi connectivity index (χ2n) is 9.41. The summed E-state index contributed by atoms with van der Waals surface area (Å²) >= 11 is 0. The minimum absolute atomic E-state index is 0.0303. The van der Waals surface area contributed by atoms with Gasteiger partial charge in [0.05, 0.1) is 26.4 Å². The first-order chi connectivity index (χ1) is 20.9. The maximum absolute atomic E-state index is 13.4. The Bertz CT molecular complexity index is 1790. The van der Waals surface area contributed by atoms with E-state index in [4.69, 9.17) is 4.74 Å². The number of alkyl halides is 6. The Morgan fingerprint density at radius 1 is 0.955 bits per heavy atom. The van der Waals surface area contributed by atoms with Crippen LogP contribution < -0.4 is 15.4 Å². The maximum Gasteiger partial charge on any atom is 0.433 e. The molecule has 0 saturated heterocycles. The summed E-state index contributed by atoms with van der Waals surface area (Å²) in [6.07, 6.45) is -8.46. The zero-order valence-electron chi connectivity index (χ0n) is 22.7. The second kappa shape index (κ2) is 12.1. The quantitative estimate of drug-likeness (QED) is 0.183. The standard InChI is InChI=1S/C28H22F6N8O2/c1-44-18-7-5-16(6-8-18)14-42-15-36-23-25(37-17-10-12-35-21(13-17)39-22(43)9-11-27(29,30)31)40-24(41-26(23)42)19-3-2-4-20(38-19)28(32,33)34/h2-8,10,12-13,15H,9,11,14H2,1H3,(H2,35,37,39,40,41,43). The van der Waals surface area contributed by atoms with E-state index < -0.39 is 36.8 Å². The van der Waals surface area contributed by atoms with Crippen LogP contribution in [0.1, 0.15) is 24.1 Å². The molecule has 0 saturated carbocycles. The number of aromatic nitrogens is 6. The van der Waals surface area contributed by atoms with Gasteiger partial charge in [-0.05, 0) is 35.9 Å². The molecular formula is C28H22F6N8O2. The van der Waals surface area contributed by atoms with E-state index in [2.05, 4.69) is 35.6 Å². The predicted molar refractivity (Wildman–Crippen MR) is 147 cm³/mol. The van der Waals surface area contributed by atoms with Crippen LogP contribution in [0, 0.1) is 0 Å². The van der Waals surface area contributed by atoms with Crippen molar-refractivity contribution < 1.29 is 35.9 Å². The monoisotopic (exact) mass is 616 g/mol. The van der Waals surface area contributed by atoms with Gasteiger partial charge in [-0.3, -0.25) is 4.79 Å². The lowest BCUT2D eigenvalue weighted by Gasteiger charge is -2.12. The van der Waals surface area contributed by atoms with Gasteiger partial charge in [0.15, 0.2) is 22.8 Å². The molecule has 5 aromatic rings. The van der Waals surface area contributed by atoms with Crippen LogP contribution >= 0.6 is 0 Å². The lowest BCUT2D eigenvalue weighted by Crippen LogP contribution is -2.17. The predicted octanol–water partition coefficient (Wildman–Crippen LogP) is 6.38. The van der Waals surface area contributed by atoms with Crippen LogP contribution in [-0.2, 0) is 17.5 Å².